The number of benzene rings is 2. The number of carbonyl (C=O) groups excluding carboxylic acids is 1. The Kier molecular flexibility index (Phi) is 3.42. The molecule has 2 aromatic rings. The Morgan fingerprint density at radius 3 is 2.95 bits per heavy atom. The summed E-state index contributed by atoms with van der Waals surface area (Å²) in [5.74, 6) is 0.669. The summed E-state index contributed by atoms with van der Waals surface area (Å²) in [5.41, 5.74) is 3.70. The van der Waals surface area contributed by atoms with Gasteiger partial charge in [0.2, 0.25) is 0 Å². The van der Waals surface area contributed by atoms with Crippen LogP contribution in [0.4, 0.5) is 5.69 Å². The van der Waals surface area contributed by atoms with Crippen molar-refractivity contribution < 1.29 is 9.53 Å². The molecule has 0 saturated carbocycles. The lowest BCUT2D eigenvalue weighted by molar-refractivity contribution is 0.103. The van der Waals surface area contributed by atoms with Crippen LogP contribution in [0.1, 0.15) is 28.4 Å². The molecule has 0 spiro atoms. The molecule has 0 saturated heterocycles. The molecule has 1 N–H and O–H groups in total. The van der Waals surface area contributed by atoms with E-state index in [-0.39, 0.29) is 5.78 Å². The standard InChI is InChI=1S/C17H17NO2/c1-2-20-16-6-4-3-5-14(16)17(19)13-7-8-15-12(11-13)9-10-18-15/h3-8,11,18H,2,9-10H2,1H3. The van der Waals surface area contributed by atoms with Gasteiger partial charge in [0.15, 0.2) is 5.78 Å². The molecule has 20 heavy (non-hydrogen) atoms. The summed E-state index contributed by atoms with van der Waals surface area (Å²) < 4.78 is 5.54. The molecule has 0 bridgehead atoms. The minimum absolute atomic E-state index is 0.0174. The van der Waals surface area contributed by atoms with Crippen LogP contribution in [0.15, 0.2) is 42.5 Å². The molecular formula is C17H17NO2. The lowest BCUT2D eigenvalue weighted by Crippen LogP contribution is -2.05. The SMILES string of the molecule is CCOc1ccccc1C(=O)c1ccc2c(c1)CCN2. The number of rotatable bonds is 4. The van der Waals surface area contributed by atoms with Crippen LogP contribution in [0.2, 0.25) is 0 Å². The molecule has 0 aromatic heterocycles. The van der Waals surface area contributed by atoms with Gasteiger partial charge in [-0.15, -0.1) is 0 Å². The fourth-order valence-corrected chi connectivity index (χ4v) is 2.54. The first-order valence-electron chi connectivity index (χ1n) is 6.93. The van der Waals surface area contributed by atoms with Crippen LogP contribution >= 0.6 is 0 Å². The van der Waals surface area contributed by atoms with Gasteiger partial charge in [-0.3, -0.25) is 4.79 Å². The van der Waals surface area contributed by atoms with Crippen LogP contribution in [0.25, 0.3) is 0 Å². The van der Waals surface area contributed by atoms with Gasteiger partial charge in [-0.25, -0.2) is 0 Å². The topological polar surface area (TPSA) is 38.3 Å². The summed E-state index contributed by atoms with van der Waals surface area (Å²) >= 11 is 0. The molecule has 1 heterocycles. The summed E-state index contributed by atoms with van der Waals surface area (Å²) in [6, 6.07) is 13.3. The van der Waals surface area contributed by atoms with Gasteiger partial charge in [0.25, 0.3) is 0 Å². The Morgan fingerprint density at radius 2 is 2.10 bits per heavy atom. The van der Waals surface area contributed by atoms with E-state index < -0.39 is 0 Å². The molecule has 3 rings (SSSR count). The maximum atomic E-state index is 12.6. The molecule has 0 atom stereocenters. The quantitative estimate of drug-likeness (QED) is 0.864. The average Bonchev–Trinajstić information content (AvgIpc) is 2.95. The van der Waals surface area contributed by atoms with Crippen molar-refractivity contribution in [1.82, 2.24) is 0 Å². The average molecular weight is 267 g/mol. The van der Waals surface area contributed by atoms with Crippen molar-refractivity contribution in [1.29, 1.82) is 0 Å². The largest absolute Gasteiger partial charge is 0.493 e. The predicted octanol–water partition coefficient (Wildman–Crippen LogP) is 3.28. The second kappa shape index (κ2) is 5.37. The molecule has 102 valence electrons. The monoisotopic (exact) mass is 267 g/mol. The summed E-state index contributed by atoms with van der Waals surface area (Å²) in [6.45, 7) is 3.42. The van der Waals surface area contributed by atoms with Gasteiger partial charge >= 0.3 is 0 Å². The molecule has 3 heteroatoms. The van der Waals surface area contributed by atoms with Crippen LogP contribution in [-0.2, 0) is 6.42 Å². The summed E-state index contributed by atoms with van der Waals surface area (Å²) in [7, 11) is 0. The Labute approximate surface area is 118 Å². The van der Waals surface area contributed by atoms with E-state index in [4.69, 9.17) is 4.74 Å². The molecule has 0 amide bonds. The molecule has 0 unspecified atom stereocenters. The number of carbonyl (C=O) groups is 1. The van der Waals surface area contributed by atoms with E-state index >= 15 is 0 Å². The van der Waals surface area contributed by atoms with Crippen LogP contribution in [0, 0.1) is 0 Å². The van der Waals surface area contributed by atoms with E-state index in [2.05, 4.69) is 5.32 Å². The van der Waals surface area contributed by atoms with E-state index in [0.717, 1.165) is 24.2 Å². The zero-order valence-electron chi connectivity index (χ0n) is 11.5. The Bertz CT molecular complexity index is 649. The number of hydrogen-bond donors (Lipinski definition) is 1. The zero-order chi connectivity index (χ0) is 13.9. The van der Waals surface area contributed by atoms with Crippen molar-refractivity contribution in [3.05, 3.63) is 59.2 Å². The third kappa shape index (κ3) is 2.27. The number of fused-ring (bicyclic) bond motifs is 1. The van der Waals surface area contributed by atoms with Crippen molar-refractivity contribution in [2.45, 2.75) is 13.3 Å². The normalized spacial score (nSPS) is 12.7. The maximum Gasteiger partial charge on any atom is 0.196 e. The van der Waals surface area contributed by atoms with E-state index in [1.807, 2.05) is 49.4 Å². The Balaban J connectivity index is 1.96. The van der Waals surface area contributed by atoms with Crippen LogP contribution in [-0.4, -0.2) is 18.9 Å². The first kappa shape index (κ1) is 12.7. The minimum Gasteiger partial charge on any atom is -0.493 e. The minimum atomic E-state index is 0.0174. The van der Waals surface area contributed by atoms with Crippen molar-refractivity contribution in [2.75, 3.05) is 18.5 Å². The lowest BCUT2D eigenvalue weighted by Gasteiger charge is -2.10. The van der Waals surface area contributed by atoms with Gasteiger partial charge in [-0.1, -0.05) is 12.1 Å². The van der Waals surface area contributed by atoms with E-state index in [9.17, 15) is 4.79 Å². The number of ketones is 1. The Morgan fingerprint density at radius 1 is 1.25 bits per heavy atom. The molecular weight excluding hydrogens is 250 g/mol. The molecule has 0 aliphatic carbocycles. The molecule has 2 aromatic carbocycles. The zero-order valence-corrected chi connectivity index (χ0v) is 11.5. The van der Waals surface area contributed by atoms with E-state index in [1.54, 1.807) is 0 Å². The number of nitrogens with one attached hydrogen (secondary N) is 1. The number of anilines is 1. The number of para-hydroxylation sites is 1. The van der Waals surface area contributed by atoms with Gasteiger partial charge in [0.05, 0.1) is 12.2 Å². The van der Waals surface area contributed by atoms with Crippen molar-refractivity contribution in [3.8, 4) is 5.75 Å². The van der Waals surface area contributed by atoms with Crippen molar-refractivity contribution in [3.63, 3.8) is 0 Å². The third-order valence-electron chi connectivity index (χ3n) is 3.51. The van der Waals surface area contributed by atoms with Crippen LogP contribution < -0.4 is 10.1 Å². The third-order valence-corrected chi connectivity index (χ3v) is 3.51. The van der Waals surface area contributed by atoms with Gasteiger partial charge in [-0.05, 0) is 49.2 Å². The number of ether oxygens (including phenoxy) is 1. The maximum absolute atomic E-state index is 12.6. The second-order valence-corrected chi connectivity index (χ2v) is 4.81. The van der Waals surface area contributed by atoms with Gasteiger partial charge in [-0.2, -0.15) is 0 Å². The molecule has 0 radical (unpaired) electrons. The Hall–Kier alpha value is -2.29. The molecule has 3 nitrogen and oxygen atoms in total. The fraction of sp³-hybridized carbons (Fsp3) is 0.235. The highest BCUT2D eigenvalue weighted by Gasteiger charge is 2.17. The van der Waals surface area contributed by atoms with Gasteiger partial charge in [0.1, 0.15) is 5.75 Å². The van der Waals surface area contributed by atoms with E-state index in [1.165, 1.54) is 5.56 Å². The predicted molar refractivity (Wildman–Crippen MR) is 79.7 cm³/mol. The molecule has 1 aliphatic rings. The highest BCUT2D eigenvalue weighted by atomic mass is 16.5. The molecule has 0 fully saturated rings. The van der Waals surface area contributed by atoms with Gasteiger partial charge in [0, 0.05) is 17.8 Å². The number of hydrogen-bond acceptors (Lipinski definition) is 3. The fourth-order valence-electron chi connectivity index (χ4n) is 2.54. The molecule has 1 aliphatic heterocycles. The first-order chi connectivity index (χ1) is 9.79. The lowest BCUT2D eigenvalue weighted by atomic mass is 9.99. The highest BCUT2D eigenvalue weighted by molar-refractivity contribution is 6.11. The van der Waals surface area contributed by atoms with E-state index in [0.29, 0.717) is 17.9 Å². The van der Waals surface area contributed by atoms with Crippen molar-refractivity contribution >= 4 is 11.5 Å². The van der Waals surface area contributed by atoms with Crippen LogP contribution in [0.5, 0.6) is 5.75 Å². The van der Waals surface area contributed by atoms with Crippen molar-refractivity contribution in [2.24, 2.45) is 0 Å². The van der Waals surface area contributed by atoms with Gasteiger partial charge < -0.3 is 10.1 Å². The van der Waals surface area contributed by atoms with Crippen LogP contribution in [0.3, 0.4) is 0 Å². The first-order valence-corrected chi connectivity index (χ1v) is 6.93. The summed E-state index contributed by atoms with van der Waals surface area (Å²) in [6.07, 6.45) is 0.976. The smallest absolute Gasteiger partial charge is 0.196 e. The summed E-state index contributed by atoms with van der Waals surface area (Å²) in [5, 5.41) is 3.30. The second-order valence-electron chi connectivity index (χ2n) is 4.81. The highest BCUT2D eigenvalue weighted by Crippen LogP contribution is 2.26. The summed E-state index contributed by atoms with van der Waals surface area (Å²) in [4.78, 5) is 12.6.